The fraction of sp³-hybridized carbons (Fsp3) is 0.308. The van der Waals surface area contributed by atoms with Crippen molar-refractivity contribution in [3.8, 4) is 0 Å². The summed E-state index contributed by atoms with van der Waals surface area (Å²) in [7, 11) is 0. The van der Waals surface area contributed by atoms with Gasteiger partial charge in [-0.1, -0.05) is 6.07 Å². The number of carbonyl (C=O) groups is 1. The van der Waals surface area contributed by atoms with Crippen LogP contribution in [0.2, 0.25) is 0 Å². The fourth-order valence-electron chi connectivity index (χ4n) is 2.14. The third-order valence-corrected chi connectivity index (χ3v) is 4.12. The lowest BCUT2D eigenvalue weighted by atomic mass is 10.0. The number of hydrogen-bond acceptors (Lipinski definition) is 5. The molecule has 0 atom stereocenters. The van der Waals surface area contributed by atoms with Gasteiger partial charge in [-0.25, -0.2) is 14.8 Å². The first-order valence-corrected chi connectivity index (χ1v) is 7.00. The summed E-state index contributed by atoms with van der Waals surface area (Å²) >= 11 is 1.63. The second-order valence-corrected chi connectivity index (χ2v) is 5.52. The molecule has 0 saturated carbocycles. The first kappa shape index (κ1) is 12.1. The summed E-state index contributed by atoms with van der Waals surface area (Å²) in [5.74, 6) is -0.506. The number of hydrogen-bond donors (Lipinski definition) is 2. The molecule has 0 bridgehead atoms. The van der Waals surface area contributed by atoms with E-state index in [0.29, 0.717) is 5.82 Å². The average Bonchev–Trinajstić information content (AvgIpc) is 2.81. The molecule has 0 aliphatic heterocycles. The molecular formula is C13H13N3O2S. The van der Waals surface area contributed by atoms with Crippen LogP contribution in [0.5, 0.6) is 0 Å². The molecule has 2 heterocycles. The van der Waals surface area contributed by atoms with Crippen molar-refractivity contribution in [1.82, 2.24) is 9.97 Å². The average molecular weight is 275 g/mol. The van der Waals surface area contributed by atoms with Gasteiger partial charge in [-0.15, -0.1) is 11.3 Å². The van der Waals surface area contributed by atoms with Gasteiger partial charge in [-0.3, -0.25) is 0 Å². The number of pyridine rings is 1. The van der Waals surface area contributed by atoms with Gasteiger partial charge in [0.1, 0.15) is 5.82 Å². The quantitative estimate of drug-likeness (QED) is 0.901. The highest BCUT2D eigenvalue weighted by atomic mass is 32.1. The lowest BCUT2D eigenvalue weighted by Crippen LogP contribution is -2.02. The molecule has 2 N–H and O–H groups in total. The van der Waals surface area contributed by atoms with Crippen molar-refractivity contribution >= 4 is 28.3 Å². The lowest BCUT2D eigenvalue weighted by molar-refractivity contribution is 0.0690. The summed E-state index contributed by atoms with van der Waals surface area (Å²) in [6.45, 7) is 0. The Balaban J connectivity index is 1.83. The summed E-state index contributed by atoms with van der Waals surface area (Å²) in [5, 5.41) is 12.8. The predicted octanol–water partition coefficient (Wildman–Crippen LogP) is 2.86. The topological polar surface area (TPSA) is 75.1 Å². The summed E-state index contributed by atoms with van der Waals surface area (Å²) < 4.78 is 0. The molecule has 19 heavy (non-hydrogen) atoms. The molecule has 0 amide bonds. The number of rotatable bonds is 3. The third kappa shape index (κ3) is 2.58. The minimum absolute atomic E-state index is 0.0336. The number of aromatic nitrogens is 2. The SMILES string of the molecule is O=C(O)c1cccc(Nc2nc3c(s2)CCCC3)n1. The Morgan fingerprint density at radius 3 is 2.89 bits per heavy atom. The maximum atomic E-state index is 10.9. The van der Waals surface area contributed by atoms with E-state index in [4.69, 9.17) is 5.11 Å². The molecule has 0 unspecified atom stereocenters. The molecule has 0 saturated heterocycles. The molecule has 0 fully saturated rings. The van der Waals surface area contributed by atoms with Crippen LogP contribution in [0.1, 0.15) is 33.9 Å². The van der Waals surface area contributed by atoms with E-state index in [9.17, 15) is 4.79 Å². The predicted molar refractivity (Wildman–Crippen MR) is 73.2 cm³/mol. The van der Waals surface area contributed by atoms with Gasteiger partial charge in [-0.2, -0.15) is 0 Å². The largest absolute Gasteiger partial charge is 0.477 e. The number of nitrogens with one attached hydrogen (secondary N) is 1. The van der Waals surface area contributed by atoms with Crippen LogP contribution in [0.3, 0.4) is 0 Å². The number of carboxylic acids is 1. The van der Waals surface area contributed by atoms with E-state index in [-0.39, 0.29) is 5.69 Å². The van der Waals surface area contributed by atoms with E-state index in [1.807, 2.05) is 0 Å². The van der Waals surface area contributed by atoms with Crippen molar-refractivity contribution < 1.29 is 9.90 Å². The van der Waals surface area contributed by atoms with Crippen LogP contribution >= 0.6 is 11.3 Å². The number of anilines is 2. The van der Waals surface area contributed by atoms with Crippen LogP contribution < -0.4 is 5.32 Å². The fourth-order valence-corrected chi connectivity index (χ4v) is 3.20. The standard InChI is InChI=1S/C13H13N3O2S/c17-12(18)9-5-3-7-11(14-9)16-13-15-8-4-1-2-6-10(8)19-13/h3,5,7H,1-2,4,6H2,(H,17,18)(H,14,15,16). The summed E-state index contributed by atoms with van der Waals surface area (Å²) in [6, 6.07) is 4.89. The number of nitrogens with zero attached hydrogens (tertiary/aromatic N) is 2. The summed E-state index contributed by atoms with van der Waals surface area (Å²) in [5.41, 5.74) is 1.21. The first-order valence-electron chi connectivity index (χ1n) is 6.18. The van der Waals surface area contributed by atoms with Crippen LogP contribution in [0, 0.1) is 0 Å². The van der Waals surface area contributed by atoms with Gasteiger partial charge in [0.05, 0.1) is 5.69 Å². The van der Waals surface area contributed by atoms with Gasteiger partial charge in [0.15, 0.2) is 10.8 Å². The van der Waals surface area contributed by atoms with E-state index in [0.717, 1.165) is 18.0 Å². The van der Waals surface area contributed by atoms with Crippen LogP contribution in [-0.2, 0) is 12.8 Å². The second-order valence-electron chi connectivity index (χ2n) is 4.43. The van der Waals surface area contributed by atoms with Crippen molar-refractivity contribution in [2.45, 2.75) is 25.7 Å². The number of aromatic carboxylic acids is 1. The van der Waals surface area contributed by atoms with Crippen LogP contribution in [0.15, 0.2) is 18.2 Å². The van der Waals surface area contributed by atoms with Crippen LogP contribution in [0.25, 0.3) is 0 Å². The Labute approximate surface area is 114 Å². The molecule has 2 aromatic rings. The summed E-state index contributed by atoms with van der Waals surface area (Å²) in [4.78, 5) is 20.8. The molecule has 98 valence electrons. The monoisotopic (exact) mass is 275 g/mol. The van der Waals surface area contributed by atoms with Gasteiger partial charge < -0.3 is 10.4 Å². The van der Waals surface area contributed by atoms with Crippen molar-refractivity contribution in [2.24, 2.45) is 0 Å². The molecule has 1 aliphatic carbocycles. The molecule has 5 nitrogen and oxygen atoms in total. The Bertz CT molecular complexity index is 601. The molecule has 0 radical (unpaired) electrons. The molecule has 1 aliphatic rings. The number of thiazole rings is 1. The zero-order valence-corrected chi connectivity index (χ0v) is 11.0. The summed E-state index contributed by atoms with van der Waals surface area (Å²) in [6.07, 6.45) is 4.55. The maximum absolute atomic E-state index is 10.9. The highest BCUT2D eigenvalue weighted by Crippen LogP contribution is 2.30. The Hall–Kier alpha value is -1.95. The van der Waals surface area contributed by atoms with Gasteiger partial charge >= 0.3 is 5.97 Å². The molecular weight excluding hydrogens is 262 g/mol. The highest BCUT2D eigenvalue weighted by molar-refractivity contribution is 7.15. The van der Waals surface area contributed by atoms with Gasteiger partial charge in [0, 0.05) is 4.88 Å². The van der Waals surface area contributed by atoms with Crippen LogP contribution in [0.4, 0.5) is 10.9 Å². The number of carboxylic acid groups (broad SMARTS) is 1. The van der Waals surface area contributed by atoms with E-state index in [2.05, 4.69) is 15.3 Å². The molecule has 2 aromatic heterocycles. The normalized spacial score (nSPS) is 13.9. The van der Waals surface area contributed by atoms with Crippen molar-refractivity contribution in [1.29, 1.82) is 0 Å². The number of fused-ring (bicyclic) bond motifs is 1. The molecule has 3 rings (SSSR count). The third-order valence-electron chi connectivity index (χ3n) is 3.05. The molecule has 6 heteroatoms. The molecule has 0 spiro atoms. The Morgan fingerprint density at radius 2 is 2.11 bits per heavy atom. The van der Waals surface area contributed by atoms with E-state index >= 15 is 0 Å². The smallest absolute Gasteiger partial charge is 0.354 e. The van der Waals surface area contributed by atoms with Crippen molar-refractivity contribution in [2.75, 3.05) is 5.32 Å². The minimum atomic E-state index is -1.03. The van der Waals surface area contributed by atoms with Gasteiger partial charge in [-0.05, 0) is 37.8 Å². The van der Waals surface area contributed by atoms with E-state index in [1.165, 1.54) is 29.5 Å². The maximum Gasteiger partial charge on any atom is 0.354 e. The molecule has 0 aromatic carbocycles. The number of aryl methyl sites for hydroxylation is 2. The van der Waals surface area contributed by atoms with Crippen molar-refractivity contribution in [3.05, 3.63) is 34.5 Å². The Kier molecular flexibility index (Phi) is 3.16. The van der Waals surface area contributed by atoms with Crippen LogP contribution in [-0.4, -0.2) is 21.0 Å². The first-order chi connectivity index (χ1) is 9.22. The zero-order chi connectivity index (χ0) is 13.2. The second kappa shape index (κ2) is 4.97. The van der Waals surface area contributed by atoms with Crippen molar-refractivity contribution in [3.63, 3.8) is 0 Å². The van der Waals surface area contributed by atoms with E-state index in [1.54, 1.807) is 23.5 Å². The Morgan fingerprint density at radius 1 is 1.26 bits per heavy atom. The highest BCUT2D eigenvalue weighted by Gasteiger charge is 2.15. The van der Waals surface area contributed by atoms with E-state index < -0.39 is 5.97 Å². The van der Waals surface area contributed by atoms with Gasteiger partial charge in [0.25, 0.3) is 0 Å². The minimum Gasteiger partial charge on any atom is -0.477 e. The van der Waals surface area contributed by atoms with Gasteiger partial charge in [0.2, 0.25) is 0 Å². The zero-order valence-electron chi connectivity index (χ0n) is 10.2. The lowest BCUT2D eigenvalue weighted by Gasteiger charge is -2.06.